The van der Waals surface area contributed by atoms with Crippen LogP contribution >= 0.6 is 11.3 Å². The number of rotatable bonds is 5. The van der Waals surface area contributed by atoms with Gasteiger partial charge in [0.2, 0.25) is 0 Å². The Morgan fingerprint density at radius 3 is 1.40 bits per heavy atom. The molecular formula is C51H31N5S. The van der Waals surface area contributed by atoms with Crippen molar-refractivity contribution < 1.29 is 0 Å². The molecule has 5 nitrogen and oxygen atoms in total. The quantitative estimate of drug-likeness (QED) is 0.176. The molecule has 0 bridgehead atoms. The van der Waals surface area contributed by atoms with Gasteiger partial charge in [-0.15, -0.1) is 11.3 Å². The second-order valence-electron chi connectivity index (χ2n) is 14.4. The van der Waals surface area contributed by atoms with E-state index in [0.29, 0.717) is 17.5 Å². The highest BCUT2D eigenvalue weighted by Gasteiger charge is 2.22. The first-order valence-corrected chi connectivity index (χ1v) is 19.9. The maximum absolute atomic E-state index is 5.02. The standard InChI is InChI=1S/C51H31N5S/c1-4-14-32(15-5-1)49-52-50(33-16-6-2-7-17-33)54-51(53-49)34-24-29-45-42(30-34)39-26-25-36(31-46(39)57-45)56-44-23-13-11-21-38(44)41-28-27-40-37-20-10-12-22-43(37)55(47(40)48(41)56)35-18-8-3-9-19-35/h1-31H. The summed E-state index contributed by atoms with van der Waals surface area (Å²) in [4.78, 5) is 15.0. The number of fused-ring (bicyclic) bond motifs is 10. The first kappa shape index (κ1) is 31.9. The van der Waals surface area contributed by atoms with Crippen molar-refractivity contribution in [1.82, 2.24) is 24.1 Å². The van der Waals surface area contributed by atoms with Crippen LogP contribution in [-0.2, 0) is 0 Å². The summed E-state index contributed by atoms with van der Waals surface area (Å²) >= 11 is 1.82. The van der Waals surface area contributed by atoms with Gasteiger partial charge in [0.25, 0.3) is 0 Å². The van der Waals surface area contributed by atoms with Crippen LogP contribution in [0.4, 0.5) is 0 Å². The third-order valence-corrected chi connectivity index (χ3v) is 12.3. The van der Waals surface area contributed by atoms with Gasteiger partial charge in [0.1, 0.15) is 0 Å². The van der Waals surface area contributed by atoms with Gasteiger partial charge in [-0.25, -0.2) is 15.0 Å². The second-order valence-corrected chi connectivity index (χ2v) is 15.5. The molecule has 0 unspecified atom stereocenters. The summed E-state index contributed by atoms with van der Waals surface area (Å²) in [6.07, 6.45) is 0. The number of nitrogens with zero attached hydrogens (tertiary/aromatic N) is 5. The van der Waals surface area contributed by atoms with Crippen LogP contribution in [-0.4, -0.2) is 24.1 Å². The van der Waals surface area contributed by atoms with Gasteiger partial charge in [0.15, 0.2) is 17.5 Å². The lowest BCUT2D eigenvalue weighted by Crippen LogP contribution is -2.00. The van der Waals surface area contributed by atoms with Crippen LogP contribution < -0.4 is 0 Å². The molecule has 0 saturated heterocycles. The van der Waals surface area contributed by atoms with Crippen LogP contribution in [0.5, 0.6) is 0 Å². The normalized spacial score (nSPS) is 11.9. The molecule has 0 N–H and O–H groups in total. The number of benzene rings is 8. The minimum atomic E-state index is 0.656. The van der Waals surface area contributed by atoms with Gasteiger partial charge < -0.3 is 9.13 Å². The predicted molar refractivity (Wildman–Crippen MR) is 238 cm³/mol. The van der Waals surface area contributed by atoms with E-state index in [9.17, 15) is 0 Å². The molecule has 0 fully saturated rings. The van der Waals surface area contributed by atoms with Gasteiger partial charge in [-0.3, -0.25) is 0 Å². The summed E-state index contributed by atoms with van der Waals surface area (Å²) in [6.45, 7) is 0. The van der Waals surface area contributed by atoms with E-state index in [1.807, 2.05) is 72.0 Å². The average Bonchev–Trinajstić information content (AvgIpc) is 3.94. The minimum Gasteiger partial charge on any atom is -0.307 e. The van der Waals surface area contributed by atoms with Crippen molar-refractivity contribution in [2.24, 2.45) is 0 Å². The van der Waals surface area contributed by atoms with Crippen molar-refractivity contribution in [2.75, 3.05) is 0 Å². The summed E-state index contributed by atoms with van der Waals surface area (Å²) < 4.78 is 7.36. The van der Waals surface area contributed by atoms with Gasteiger partial charge >= 0.3 is 0 Å². The van der Waals surface area contributed by atoms with E-state index in [1.165, 1.54) is 63.8 Å². The largest absolute Gasteiger partial charge is 0.307 e. The number of hydrogen-bond donors (Lipinski definition) is 0. The van der Waals surface area contributed by atoms with E-state index in [1.54, 1.807) is 0 Å². The Morgan fingerprint density at radius 1 is 0.316 bits per heavy atom. The Balaban J connectivity index is 1.07. The zero-order valence-corrected chi connectivity index (χ0v) is 31.4. The summed E-state index contributed by atoms with van der Waals surface area (Å²) in [5.41, 5.74) is 9.95. The Labute approximate surface area is 331 Å². The highest BCUT2D eigenvalue weighted by atomic mass is 32.1. The fourth-order valence-corrected chi connectivity index (χ4v) is 9.72. The Kier molecular flexibility index (Phi) is 7.03. The lowest BCUT2D eigenvalue weighted by molar-refractivity contribution is 1.07. The summed E-state index contributed by atoms with van der Waals surface area (Å²) in [5.74, 6) is 1.97. The highest BCUT2D eigenvalue weighted by molar-refractivity contribution is 7.25. The first-order valence-electron chi connectivity index (χ1n) is 19.1. The zero-order valence-electron chi connectivity index (χ0n) is 30.5. The van der Waals surface area contributed by atoms with Crippen LogP contribution in [0.1, 0.15) is 0 Å². The van der Waals surface area contributed by atoms with Crippen molar-refractivity contribution in [1.29, 1.82) is 0 Å². The second kappa shape index (κ2) is 12.6. The molecular weight excluding hydrogens is 715 g/mol. The smallest absolute Gasteiger partial charge is 0.164 e. The van der Waals surface area contributed by atoms with Crippen molar-refractivity contribution >= 4 is 75.1 Å². The van der Waals surface area contributed by atoms with Crippen molar-refractivity contribution in [3.8, 4) is 45.5 Å². The molecule has 0 saturated carbocycles. The fourth-order valence-electron chi connectivity index (χ4n) is 8.60. The van der Waals surface area contributed by atoms with Gasteiger partial charge in [-0.1, -0.05) is 133 Å². The van der Waals surface area contributed by atoms with Crippen LogP contribution in [0.25, 0.3) is 109 Å². The molecule has 12 aromatic rings. The molecule has 266 valence electrons. The van der Waals surface area contributed by atoms with E-state index in [0.717, 1.165) is 28.1 Å². The predicted octanol–water partition coefficient (Wildman–Crippen LogP) is 13.4. The number of para-hydroxylation sites is 3. The molecule has 0 radical (unpaired) electrons. The number of hydrogen-bond acceptors (Lipinski definition) is 4. The SMILES string of the molecule is c1ccc(-c2nc(-c3ccccc3)nc(-c3ccc4sc5cc(-n6c7ccccc7c7ccc8c9ccccc9n(-c9ccccc9)c8c76)ccc5c4c3)n2)cc1. The molecule has 6 heteroatoms. The van der Waals surface area contributed by atoms with E-state index in [4.69, 9.17) is 15.0 Å². The van der Waals surface area contributed by atoms with Crippen LogP contribution in [0, 0.1) is 0 Å². The molecule has 4 aromatic heterocycles. The van der Waals surface area contributed by atoms with E-state index in [-0.39, 0.29) is 0 Å². The summed E-state index contributed by atoms with van der Waals surface area (Å²) in [7, 11) is 0. The van der Waals surface area contributed by atoms with Crippen LogP contribution in [0.15, 0.2) is 188 Å². The average molecular weight is 746 g/mol. The Morgan fingerprint density at radius 2 is 0.807 bits per heavy atom. The maximum atomic E-state index is 5.02. The fraction of sp³-hybridized carbons (Fsp3) is 0. The van der Waals surface area contributed by atoms with E-state index < -0.39 is 0 Å². The summed E-state index contributed by atoms with van der Waals surface area (Å²) in [5, 5.41) is 7.37. The number of aromatic nitrogens is 5. The Bertz CT molecular complexity index is 3450. The third-order valence-electron chi connectivity index (χ3n) is 11.2. The van der Waals surface area contributed by atoms with Gasteiger partial charge in [-0.2, -0.15) is 0 Å². The van der Waals surface area contributed by atoms with E-state index in [2.05, 4.69) is 137 Å². The highest BCUT2D eigenvalue weighted by Crippen LogP contribution is 2.43. The zero-order chi connectivity index (χ0) is 37.5. The molecule has 8 aromatic carbocycles. The monoisotopic (exact) mass is 745 g/mol. The van der Waals surface area contributed by atoms with Crippen molar-refractivity contribution in [3.63, 3.8) is 0 Å². The molecule has 0 amide bonds. The van der Waals surface area contributed by atoms with Crippen molar-refractivity contribution in [3.05, 3.63) is 188 Å². The topological polar surface area (TPSA) is 48.5 Å². The molecule has 4 heterocycles. The first-order chi connectivity index (χ1) is 28.3. The summed E-state index contributed by atoms with van der Waals surface area (Å²) in [6, 6.07) is 66.7. The molecule has 0 spiro atoms. The molecule has 0 atom stereocenters. The molecule has 0 aliphatic rings. The van der Waals surface area contributed by atoms with Gasteiger partial charge in [0, 0.05) is 69.8 Å². The van der Waals surface area contributed by atoms with Crippen LogP contribution in [0.2, 0.25) is 0 Å². The van der Waals surface area contributed by atoms with Crippen molar-refractivity contribution in [2.45, 2.75) is 0 Å². The maximum Gasteiger partial charge on any atom is 0.164 e. The molecule has 57 heavy (non-hydrogen) atoms. The molecule has 12 rings (SSSR count). The lowest BCUT2D eigenvalue weighted by Gasteiger charge is -2.12. The number of thiophene rings is 1. The minimum absolute atomic E-state index is 0.656. The van der Waals surface area contributed by atoms with E-state index >= 15 is 0 Å². The molecule has 0 aliphatic carbocycles. The Hall–Kier alpha value is -7.41. The lowest BCUT2D eigenvalue weighted by atomic mass is 10.1. The van der Waals surface area contributed by atoms with Gasteiger partial charge in [0.05, 0.1) is 22.1 Å². The third kappa shape index (κ3) is 4.98. The van der Waals surface area contributed by atoms with Gasteiger partial charge in [-0.05, 0) is 54.6 Å². The molecule has 0 aliphatic heterocycles. The van der Waals surface area contributed by atoms with Crippen LogP contribution in [0.3, 0.4) is 0 Å².